The molecule has 0 saturated carbocycles. The molecule has 1 aliphatic rings. The third-order valence-corrected chi connectivity index (χ3v) is 5.33. The summed E-state index contributed by atoms with van der Waals surface area (Å²) in [5.74, 6) is 2.24. The van der Waals surface area contributed by atoms with Gasteiger partial charge in [0, 0.05) is 44.0 Å². The number of carbonyl (C=O) groups excluding carboxylic acids is 1. The number of amides is 1. The fraction of sp³-hybridized carbons (Fsp3) is 0.500. The summed E-state index contributed by atoms with van der Waals surface area (Å²) in [6.07, 6.45) is 8.43. The molecule has 2 heterocycles. The Morgan fingerprint density at radius 3 is 3.11 bits per heavy atom. The molecule has 1 aromatic heterocycles. The van der Waals surface area contributed by atoms with Crippen LogP contribution in [0.3, 0.4) is 0 Å². The summed E-state index contributed by atoms with van der Waals surface area (Å²) in [6.45, 7) is 3.21. The van der Waals surface area contributed by atoms with Crippen LogP contribution in [0.2, 0.25) is 5.02 Å². The van der Waals surface area contributed by atoms with Gasteiger partial charge < -0.3 is 19.9 Å². The van der Waals surface area contributed by atoms with Gasteiger partial charge in [-0.15, -0.1) is 0 Å². The van der Waals surface area contributed by atoms with Gasteiger partial charge in [-0.25, -0.2) is 4.98 Å². The lowest BCUT2D eigenvalue weighted by Gasteiger charge is -2.32. The summed E-state index contributed by atoms with van der Waals surface area (Å²) >= 11 is 6.11. The number of rotatable bonds is 8. The van der Waals surface area contributed by atoms with Crippen LogP contribution in [0.15, 0.2) is 30.6 Å². The average Bonchev–Trinajstić information content (AvgIpc) is 3.19. The zero-order chi connectivity index (χ0) is 19.1. The minimum Gasteiger partial charge on any atom is -0.495 e. The van der Waals surface area contributed by atoms with Crippen LogP contribution in [0, 0.1) is 5.92 Å². The van der Waals surface area contributed by atoms with Crippen molar-refractivity contribution in [2.75, 3.05) is 32.1 Å². The first kappa shape index (κ1) is 19.7. The van der Waals surface area contributed by atoms with E-state index < -0.39 is 0 Å². The molecule has 7 heteroatoms. The number of carbonyl (C=O) groups is 1. The predicted molar refractivity (Wildman–Crippen MR) is 107 cm³/mol. The van der Waals surface area contributed by atoms with Gasteiger partial charge in [-0.3, -0.25) is 4.79 Å². The number of methoxy groups -OCH3 is 1. The van der Waals surface area contributed by atoms with Gasteiger partial charge >= 0.3 is 0 Å². The fourth-order valence-electron chi connectivity index (χ4n) is 3.59. The zero-order valence-corrected chi connectivity index (χ0v) is 16.5. The summed E-state index contributed by atoms with van der Waals surface area (Å²) in [7, 11) is 1.57. The Bertz CT molecular complexity index is 736. The largest absolute Gasteiger partial charge is 0.495 e. The molecule has 1 aliphatic heterocycles. The van der Waals surface area contributed by atoms with Crippen LogP contribution in [-0.4, -0.2) is 47.5 Å². The molecular weight excluding hydrogens is 364 g/mol. The Balaban J connectivity index is 1.40. The number of aromatic amines is 1. The quantitative estimate of drug-likeness (QED) is 0.720. The minimum atomic E-state index is 0.0314. The first-order valence-electron chi connectivity index (χ1n) is 9.48. The van der Waals surface area contributed by atoms with Crippen molar-refractivity contribution in [3.05, 3.63) is 41.4 Å². The molecule has 1 aromatic carbocycles. The lowest BCUT2D eigenvalue weighted by Crippen LogP contribution is -2.37. The number of likely N-dealkylation sites (tertiary alicyclic amines) is 1. The number of aromatic nitrogens is 2. The van der Waals surface area contributed by atoms with Crippen molar-refractivity contribution < 1.29 is 9.53 Å². The number of hydrogen-bond donors (Lipinski definition) is 2. The Labute approximate surface area is 165 Å². The van der Waals surface area contributed by atoms with Crippen LogP contribution in [0.1, 0.15) is 31.5 Å². The van der Waals surface area contributed by atoms with Crippen LogP contribution in [0.5, 0.6) is 5.75 Å². The second-order valence-corrected chi connectivity index (χ2v) is 7.44. The first-order chi connectivity index (χ1) is 13.1. The molecular formula is C20H27ClN4O2. The summed E-state index contributed by atoms with van der Waals surface area (Å²) < 4.78 is 5.13. The van der Waals surface area contributed by atoms with E-state index in [4.69, 9.17) is 16.3 Å². The van der Waals surface area contributed by atoms with Gasteiger partial charge in [0.2, 0.25) is 5.91 Å². The van der Waals surface area contributed by atoms with Crippen molar-refractivity contribution in [3.8, 4) is 5.75 Å². The van der Waals surface area contributed by atoms with E-state index in [0.29, 0.717) is 28.8 Å². The van der Waals surface area contributed by atoms with Crippen molar-refractivity contribution in [2.45, 2.75) is 32.1 Å². The molecule has 0 spiro atoms. The smallest absolute Gasteiger partial charge is 0.224 e. The van der Waals surface area contributed by atoms with Crippen molar-refractivity contribution in [1.29, 1.82) is 0 Å². The lowest BCUT2D eigenvalue weighted by atomic mass is 9.93. The topological polar surface area (TPSA) is 70.2 Å². The first-order valence-corrected chi connectivity index (χ1v) is 9.86. The van der Waals surface area contributed by atoms with E-state index >= 15 is 0 Å². The molecule has 0 aliphatic carbocycles. The molecule has 3 rings (SSSR count). The van der Waals surface area contributed by atoms with E-state index in [1.165, 1.54) is 12.8 Å². The number of H-pyrrole nitrogens is 1. The molecule has 0 bridgehead atoms. The number of halogens is 1. The van der Waals surface area contributed by atoms with Gasteiger partial charge in [0.05, 0.1) is 12.1 Å². The Morgan fingerprint density at radius 2 is 2.37 bits per heavy atom. The van der Waals surface area contributed by atoms with Crippen molar-refractivity contribution >= 4 is 23.2 Å². The minimum absolute atomic E-state index is 0.0314. The number of imidazole rings is 1. The second kappa shape index (κ2) is 9.76. The van der Waals surface area contributed by atoms with Crippen molar-refractivity contribution in [3.63, 3.8) is 0 Å². The number of benzene rings is 1. The van der Waals surface area contributed by atoms with Crippen molar-refractivity contribution in [1.82, 2.24) is 14.9 Å². The van der Waals surface area contributed by atoms with Gasteiger partial charge in [-0.1, -0.05) is 11.6 Å². The molecule has 1 fully saturated rings. The van der Waals surface area contributed by atoms with Crippen LogP contribution in [0.4, 0.5) is 5.69 Å². The number of nitrogens with one attached hydrogen (secondary N) is 2. The van der Waals surface area contributed by atoms with Gasteiger partial charge in [0.1, 0.15) is 11.6 Å². The molecule has 6 nitrogen and oxygen atoms in total. The third-order valence-electron chi connectivity index (χ3n) is 5.04. The number of hydrogen-bond acceptors (Lipinski definition) is 4. The third kappa shape index (κ3) is 5.97. The second-order valence-electron chi connectivity index (χ2n) is 7.03. The highest BCUT2D eigenvalue weighted by Crippen LogP contribution is 2.27. The maximum Gasteiger partial charge on any atom is 0.224 e. The summed E-state index contributed by atoms with van der Waals surface area (Å²) in [4.78, 5) is 22.2. The Kier molecular flexibility index (Phi) is 7.12. The molecule has 27 heavy (non-hydrogen) atoms. The van der Waals surface area contributed by atoms with Crippen molar-refractivity contribution in [2.24, 2.45) is 5.92 Å². The highest BCUT2D eigenvalue weighted by atomic mass is 35.5. The summed E-state index contributed by atoms with van der Waals surface area (Å²) in [6, 6.07) is 5.28. The summed E-state index contributed by atoms with van der Waals surface area (Å²) in [5, 5.41) is 3.42. The van der Waals surface area contributed by atoms with E-state index in [9.17, 15) is 4.79 Å². The van der Waals surface area contributed by atoms with Crippen LogP contribution in [-0.2, 0) is 11.2 Å². The monoisotopic (exact) mass is 390 g/mol. The van der Waals surface area contributed by atoms with E-state index in [1.807, 2.05) is 6.20 Å². The Morgan fingerprint density at radius 1 is 1.48 bits per heavy atom. The molecule has 1 saturated heterocycles. The van der Waals surface area contributed by atoms with E-state index in [-0.39, 0.29) is 5.91 Å². The SMILES string of the molecule is COc1ccc(NC(=O)CC[C@@H]2CCCN(CCc3ncc[nH]3)C2)cc1Cl. The normalized spacial score (nSPS) is 17.6. The number of ether oxygens (including phenoxy) is 1. The number of anilines is 1. The van der Waals surface area contributed by atoms with Gasteiger partial charge in [0.15, 0.2) is 0 Å². The highest BCUT2D eigenvalue weighted by molar-refractivity contribution is 6.32. The maximum absolute atomic E-state index is 12.3. The molecule has 1 atom stereocenters. The number of nitrogens with zero attached hydrogens (tertiary/aromatic N) is 2. The Hall–Kier alpha value is -2.05. The van der Waals surface area contributed by atoms with Crippen LogP contribution >= 0.6 is 11.6 Å². The predicted octanol–water partition coefficient (Wildman–Crippen LogP) is 3.75. The summed E-state index contributed by atoms with van der Waals surface area (Å²) in [5.41, 5.74) is 0.703. The number of piperidine rings is 1. The standard InChI is InChI=1S/C20H27ClN4O2/c1-27-18-6-5-16(13-17(18)21)24-20(26)7-4-15-3-2-11-25(14-15)12-8-19-22-9-10-23-19/h5-6,9-10,13,15H,2-4,7-8,11-12,14H2,1H3,(H,22,23)(H,24,26)/t15-/m0/s1. The van der Waals surface area contributed by atoms with Gasteiger partial charge in [0.25, 0.3) is 0 Å². The van der Waals surface area contributed by atoms with Gasteiger partial charge in [-0.05, 0) is 49.9 Å². The molecule has 0 unspecified atom stereocenters. The van der Waals surface area contributed by atoms with Crippen LogP contribution in [0.25, 0.3) is 0 Å². The molecule has 2 aromatic rings. The molecule has 146 valence electrons. The average molecular weight is 391 g/mol. The van der Waals surface area contributed by atoms with E-state index in [0.717, 1.165) is 38.3 Å². The lowest BCUT2D eigenvalue weighted by molar-refractivity contribution is -0.116. The molecule has 1 amide bonds. The zero-order valence-electron chi connectivity index (χ0n) is 15.7. The van der Waals surface area contributed by atoms with E-state index in [1.54, 1.807) is 31.5 Å². The molecule has 0 radical (unpaired) electrons. The van der Waals surface area contributed by atoms with E-state index in [2.05, 4.69) is 20.2 Å². The highest BCUT2D eigenvalue weighted by Gasteiger charge is 2.20. The fourth-order valence-corrected chi connectivity index (χ4v) is 3.85. The van der Waals surface area contributed by atoms with Crippen LogP contribution < -0.4 is 10.1 Å². The van der Waals surface area contributed by atoms with Gasteiger partial charge in [-0.2, -0.15) is 0 Å². The maximum atomic E-state index is 12.3. The molecule has 2 N–H and O–H groups in total.